The Morgan fingerprint density at radius 3 is 2.20 bits per heavy atom. The molecule has 1 heteroatoms. The average molecular weight is 203 g/mol. The van der Waals surface area contributed by atoms with Gasteiger partial charge in [-0.05, 0) is 35.6 Å². The third-order valence-electron chi connectivity index (χ3n) is 2.22. The predicted molar refractivity (Wildman–Crippen MR) is 66.0 cm³/mol. The second-order valence-corrected chi connectivity index (χ2v) is 3.58. The summed E-state index contributed by atoms with van der Waals surface area (Å²) in [6, 6.07) is 8.32. The highest BCUT2D eigenvalue weighted by Crippen LogP contribution is 2.18. The van der Waals surface area contributed by atoms with E-state index in [-0.39, 0.29) is 0 Å². The lowest BCUT2D eigenvalue weighted by molar-refractivity contribution is 0.861. The molecular weight excluding hydrogens is 182 g/mol. The van der Waals surface area contributed by atoms with Crippen LogP contribution in [0.1, 0.15) is 57.2 Å². The van der Waals surface area contributed by atoms with Crippen LogP contribution in [0.25, 0.3) is 0 Å². The summed E-state index contributed by atoms with van der Waals surface area (Å²) in [5.74, 6) is 0.499. The molecule has 0 aliphatic rings. The Bertz CT molecular complexity index is 332. The van der Waals surface area contributed by atoms with Crippen molar-refractivity contribution >= 4 is 0 Å². The highest BCUT2D eigenvalue weighted by atomic mass is 14.2. The molecule has 0 bridgehead atoms. The molecule has 82 valence electrons. The maximum atomic E-state index is 8.81. The fraction of sp³-hybridized carbons (Fsp3) is 0.500. The van der Waals surface area contributed by atoms with E-state index in [4.69, 9.17) is 5.26 Å². The average Bonchev–Trinajstić information content (AvgIpc) is 2.30. The topological polar surface area (TPSA) is 23.8 Å². The minimum absolute atomic E-state index is 0.499. The molecule has 0 radical (unpaired) electrons. The van der Waals surface area contributed by atoms with Gasteiger partial charge in [0, 0.05) is 0 Å². The zero-order valence-corrected chi connectivity index (χ0v) is 10.5. The van der Waals surface area contributed by atoms with E-state index in [0.29, 0.717) is 5.92 Å². The predicted octanol–water partition coefficient (Wildman–Crippen LogP) is 4.27. The van der Waals surface area contributed by atoms with Gasteiger partial charge in [-0.25, -0.2) is 0 Å². The van der Waals surface area contributed by atoms with Gasteiger partial charge in [-0.1, -0.05) is 40.7 Å². The SMILES string of the molecule is CC.CCc1cc(C#N)cc(C(C)C)c1. The first kappa shape index (κ1) is 13.7. The molecular formula is C14H21N. The van der Waals surface area contributed by atoms with Gasteiger partial charge in [0.25, 0.3) is 0 Å². The van der Waals surface area contributed by atoms with Gasteiger partial charge in [-0.3, -0.25) is 0 Å². The van der Waals surface area contributed by atoms with E-state index in [1.165, 1.54) is 11.1 Å². The zero-order chi connectivity index (χ0) is 11.8. The van der Waals surface area contributed by atoms with E-state index >= 15 is 0 Å². The lowest BCUT2D eigenvalue weighted by Gasteiger charge is -2.07. The minimum atomic E-state index is 0.499. The number of benzene rings is 1. The van der Waals surface area contributed by atoms with Gasteiger partial charge in [0.2, 0.25) is 0 Å². The monoisotopic (exact) mass is 203 g/mol. The molecule has 0 aliphatic heterocycles. The van der Waals surface area contributed by atoms with E-state index in [2.05, 4.69) is 32.9 Å². The van der Waals surface area contributed by atoms with Crippen LogP contribution in [0, 0.1) is 11.3 Å². The first-order chi connectivity index (χ1) is 7.17. The number of hydrogen-bond acceptors (Lipinski definition) is 1. The summed E-state index contributed by atoms with van der Waals surface area (Å²) in [5, 5.41) is 8.81. The standard InChI is InChI=1S/C12H15N.C2H6/c1-4-10-5-11(8-13)7-12(6-10)9(2)3;1-2/h5-7,9H,4H2,1-3H3;1-2H3. The number of nitriles is 1. The zero-order valence-electron chi connectivity index (χ0n) is 10.5. The van der Waals surface area contributed by atoms with Crippen molar-refractivity contribution < 1.29 is 0 Å². The molecule has 0 unspecified atom stereocenters. The summed E-state index contributed by atoms with van der Waals surface area (Å²) in [6.07, 6.45) is 0.995. The molecule has 0 saturated carbocycles. The second-order valence-electron chi connectivity index (χ2n) is 3.58. The third kappa shape index (κ3) is 4.16. The molecule has 0 spiro atoms. The van der Waals surface area contributed by atoms with Crippen LogP contribution in [-0.4, -0.2) is 0 Å². The van der Waals surface area contributed by atoms with E-state index in [9.17, 15) is 0 Å². The summed E-state index contributed by atoms with van der Waals surface area (Å²) in [7, 11) is 0. The van der Waals surface area contributed by atoms with Crippen LogP contribution in [0.3, 0.4) is 0 Å². The summed E-state index contributed by atoms with van der Waals surface area (Å²) < 4.78 is 0. The van der Waals surface area contributed by atoms with Crippen LogP contribution < -0.4 is 0 Å². The Kier molecular flexibility index (Phi) is 6.45. The largest absolute Gasteiger partial charge is 0.192 e. The smallest absolute Gasteiger partial charge is 0.0991 e. The van der Waals surface area contributed by atoms with Crippen molar-refractivity contribution in [2.24, 2.45) is 0 Å². The van der Waals surface area contributed by atoms with Gasteiger partial charge in [-0.15, -0.1) is 0 Å². The van der Waals surface area contributed by atoms with Crippen LogP contribution >= 0.6 is 0 Å². The van der Waals surface area contributed by atoms with Gasteiger partial charge < -0.3 is 0 Å². The molecule has 1 rings (SSSR count). The molecule has 0 saturated heterocycles. The van der Waals surface area contributed by atoms with Crippen molar-refractivity contribution in [3.8, 4) is 6.07 Å². The molecule has 0 amide bonds. The first-order valence-electron chi connectivity index (χ1n) is 5.71. The highest BCUT2D eigenvalue weighted by molar-refractivity contribution is 5.38. The van der Waals surface area contributed by atoms with Gasteiger partial charge in [-0.2, -0.15) is 5.26 Å². The van der Waals surface area contributed by atoms with Crippen molar-refractivity contribution in [1.29, 1.82) is 5.26 Å². The maximum absolute atomic E-state index is 8.81. The van der Waals surface area contributed by atoms with Crippen LogP contribution in [-0.2, 0) is 6.42 Å². The summed E-state index contributed by atoms with van der Waals surface area (Å²) >= 11 is 0. The minimum Gasteiger partial charge on any atom is -0.192 e. The van der Waals surface area contributed by atoms with E-state index in [1.54, 1.807) is 0 Å². The van der Waals surface area contributed by atoms with Gasteiger partial charge >= 0.3 is 0 Å². The van der Waals surface area contributed by atoms with Crippen LogP contribution in [0.4, 0.5) is 0 Å². The van der Waals surface area contributed by atoms with Crippen LogP contribution in [0.5, 0.6) is 0 Å². The normalized spacial score (nSPS) is 9.13. The lowest BCUT2D eigenvalue weighted by atomic mass is 9.97. The van der Waals surface area contributed by atoms with Gasteiger partial charge in [0.05, 0.1) is 11.6 Å². The first-order valence-corrected chi connectivity index (χ1v) is 5.71. The fourth-order valence-corrected chi connectivity index (χ4v) is 1.32. The van der Waals surface area contributed by atoms with Crippen molar-refractivity contribution in [2.75, 3.05) is 0 Å². The van der Waals surface area contributed by atoms with E-state index in [1.807, 2.05) is 26.0 Å². The molecule has 15 heavy (non-hydrogen) atoms. The highest BCUT2D eigenvalue weighted by Gasteiger charge is 2.02. The lowest BCUT2D eigenvalue weighted by Crippen LogP contribution is -1.92. The Morgan fingerprint density at radius 2 is 1.80 bits per heavy atom. The van der Waals surface area contributed by atoms with Crippen LogP contribution in [0.2, 0.25) is 0 Å². The maximum Gasteiger partial charge on any atom is 0.0991 e. The van der Waals surface area contributed by atoms with Crippen molar-refractivity contribution in [1.82, 2.24) is 0 Å². The second kappa shape index (κ2) is 7.06. The number of nitrogens with zero attached hydrogens (tertiary/aromatic N) is 1. The fourth-order valence-electron chi connectivity index (χ4n) is 1.32. The molecule has 1 aromatic carbocycles. The van der Waals surface area contributed by atoms with Crippen molar-refractivity contribution in [3.05, 3.63) is 34.9 Å². The Labute approximate surface area is 93.7 Å². The molecule has 1 aromatic rings. The molecule has 0 heterocycles. The number of aryl methyl sites for hydroxylation is 1. The van der Waals surface area contributed by atoms with Crippen molar-refractivity contribution in [3.63, 3.8) is 0 Å². The van der Waals surface area contributed by atoms with E-state index < -0.39 is 0 Å². The molecule has 0 aliphatic carbocycles. The van der Waals surface area contributed by atoms with Crippen molar-refractivity contribution in [2.45, 2.75) is 47.0 Å². The summed E-state index contributed by atoms with van der Waals surface area (Å²) in [5.41, 5.74) is 3.29. The quantitative estimate of drug-likeness (QED) is 0.704. The summed E-state index contributed by atoms with van der Waals surface area (Å²) in [6.45, 7) is 10.4. The Balaban J connectivity index is 0.000000921. The number of rotatable bonds is 2. The number of hydrogen-bond donors (Lipinski definition) is 0. The molecule has 0 atom stereocenters. The Morgan fingerprint density at radius 1 is 1.20 bits per heavy atom. The molecule has 0 fully saturated rings. The van der Waals surface area contributed by atoms with E-state index in [0.717, 1.165) is 12.0 Å². The molecule has 0 N–H and O–H groups in total. The molecule has 0 aromatic heterocycles. The Hall–Kier alpha value is -1.29. The summed E-state index contributed by atoms with van der Waals surface area (Å²) in [4.78, 5) is 0. The van der Waals surface area contributed by atoms with Gasteiger partial charge in [0.1, 0.15) is 0 Å². The van der Waals surface area contributed by atoms with Crippen LogP contribution in [0.15, 0.2) is 18.2 Å². The van der Waals surface area contributed by atoms with Gasteiger partial charge in [0.15, 0.2) is 0 Å². The molecule has 1 nitrogen and oxygen atoms in total. The third-order valence-corrected chi connectivity index (χ3v) is 2.22.